The molecule has 0 spiro atoms. The molecule has 3 heterocycles. The number of amides is 1. The van der Waals surface area contributed by atoms with Gasteiger partial charge in [-0.05, 0) is 25.7 Å². The van der Waals surface area contributed by atoms with E-state index in [0.717, 1.165) is 12.6 Å². The van der Waals surface area contributed by atoms with Gasteiger partial charge in [0.05, 0.1) is 46.0 Å². The third kappa shape index (κ3) is 3.63. The van der Waals surface area contributed by atoms with Crippen LogP contribution in [0.25, 0.3) is 0 Å². The molecule has 0 unspecified atom stereocenters. The van der Waals surface area contributed by atoms with E-state index in [-0.39, 0.29) is 12.5 Å². The zero-order valence-corrected chi connectivity index (χ0v) is 14.0. The van der Waals surface area contributed by atoms with Crippen molar-refractivity contribution < 1.29 is 18.8 Å². The molecule has 3 aliphatic rings. The Morgan fingerprint density at radius 1 is 1.18 bits per heavy atom. The lowest BCUT2D eigenvalue weighted by Crippen LogP contribution is -2.61. The van der Waals surface area contributed by atoms with E-state index in [1.54, 1.807) is 0 Å². The van der Waals surface area contributed by atoms with Crippen LogP contribution in [0, 0.1) is 5.92 Å². The molecule has 3 atom stereocenters. The summed E-state index contributed by atoms with van der Waals surface area (Å²) >= 11 is 0. The van der Waals surface area contributed by atoms with Crippen LogP contribution in [0.4, 0.5) is 0 Å². The van der Waals surface area contributed by atoms with E-state index in [2.05, 4.69) is 7.05 Å². The molecule has 3 saturated heterocycles. The maximum absolute atomic E-state index is 12.1. The van der Waals surface area contributed by atoms with Crippen molar-refractivity contribution in [2.75, 3.05) is 59.7 Å². The third-order valence-corrected chi connectivity index (χ3v) is 5.93. The summed E-state index contributed by atoms with van der Waals surface area (Å²) in [6.07, 6.45) is 6.64. The first-order valence-corrected chi connectivity index (χ1v) is 8.96. The van der Waals surface area contributed by atoms with Gasteiger partial charge in [0.2, 0.25) is 5.91 Å². The number of hydrogen-bond donors (Lipinski definition) is 0. The first-order valence-electron chi connectivity index (χ1n) is 8.96. The van der Waals surface area contributed by atoms with Gasteiger partial charge in [-0.1, -0.05) is 0 Å². The molecule has 0 aliphatic carbocycles. The molecule has 0 radical (unpaired) electrons. The van der Waals surface area contributed by atoms with Crippen LogP contribution in [0.5, 0.6) is 0 Å². The third-order valence-electron chi connectivity index (χ3n) is 5.93. The second-order valence-electron chi connectivity index (χ2n) is 7.40. The van der Waals surface area contributed by atoms with Crippen molar-refractivity contribution in [1.29, 1.82) is 0 Å². The largest absolute Gasteiger partial charge is 0.378 e. The van der Waals surface area contributed by atoms with E-state index in [0.29, 0.717) is 32.2 Å². The van der Waals surface area contributed by atoms with Gasteiger partial charge in [-0.25, -0.2) is 0 Å². The number of rotatable bonds is 4. The summed E-state index contributed by atoms with van der Waals surface area (Å²) in [7, 11) is 2.43. The highest BCUT2D eigenvalue weighted by atomic mass is 16.5. The summed E-state index contributed by atoms with van der Waals surface area (Å²) in [5, 5.41) is 0. The van der Waals surface area contributed by atoms with Gasteiger partial charge in [-0.3, -0.25) is 4.79 Å². The highest BCUT2D eigenvalue weighted by Gasteiger charge is 2.43. The molecule has 5 nitrogen and oxygen atoms in total. The number of piperidine rings is 2. The number of fused-ring (bicyclic) bond motifs is 1. The van der Waals surface area contributed by atoms with E-state index in [1.807, 2.05) is 4.90 Å². The minimum absolute atomic E-state index is 0.125. The Labute approximate surface area is 134 Å². The average molecular weight is 311 g/mol. The SMILES string of the molecule is C[N@+]12CCCC[C@@H]1[C@H](COCC(=O)N1CCOCC1)CCC2. The summed E-state index contributed by atoms with van der Waals surface area (Å²) < 4.78 is 12.4. The van der Waals surface area contributed by atoms with Gasteiger partial charge < -0.3 is 18.9 Å². The van der Waals surface area contributed by atoms with Crippen LogP contribution < -0.4 is 0 Å². The molecule has 3 aliphatic heterocycles. The molecule has 0 aromatic heterocycles. The molecule has 0 N–H and O–H groups in total. The minimum Gasteiger partial charge on any atom is -0.378 e. The van der Waals surface area contributed by atoms with Gasteiger partial charge in [-0.15, -0.1) is 0 Å². The highest BCUT2D eigenvalue weighted by molar-refractivity contribution is 5.77. The predicted molar refractivity (Wildman–Crippen MR) is 84.5 cm³/mol. The van der Waals surface area contributed by atoms with Gasteiger partial charge in [0.15, 0.2) is 0 Å². The summed E-state index contributed by atoms with van der Waals surface area (Å²) in [4.78, 5) is 14.0. The number of ether oxygens (including phenoxy) is 2. The first-order chi connectivity index (χ1) is 10.7. The van der Waals surface area contributed by atoms with Crippen LogP contribution in [-0.2, 0) is 14.3 Å². The molecule has 3 fully saturated rings. The van der Waals surface area contributed by atoms with E-state index < -0.39 is 0 Å². The molecule has 0 aromatic carbocycles. The smallest absolute Gasteiger partial charge is 0.248 e. The second-order valence-corrected chi connectivity index (χ2v) is 7.40. The van der Waals surface area contributed by atoms with Gasteiger partial charge in [0.25, 0.3) is 0 Å². The average Bonchev–Trinajstić information content (AvgIpc) is 2.55. The quantitative estimate of drug-likeness (QED) is 0.734. The molecule has 126 valence electrons. The fourth-order valence-electron chi connectivity index (χ4n) is 4.63. The van der Waals surface area contributed by atoms with Gasteiger partial charge >= 0.3 is 0 Å². The zero-order chi connectivity index (χ0) is 15.4. The van der Waals surface area contributed by atoms with Crippen molar-refractivity contribution in [1.82, 2.24) is 4.90 Å². The van der Waals surface area contributed by atoms with Crippen LogP contribution in [0.15, 0.2) is 0 Å². The molecular weight excluding hydrogens is 280 g/mol. The van der Waals surface area contributed by atoms with Crippen LogP contribution in [0.2, 0.25) is 0 Å². The standard InChI is InChI=1S/C17H31N2O3/c1-19-9-3-2-6-16(19)15(5-4-10-19)13-22-14-17(20)18-7-11-21-12-8-18/h15-16H,2-14H2,1H3/q+1/t15-,16+,19+/m0/s1. The van der Waals surface area contributed by atoms with Crippen molar-refractivity contribution >= 4 is 5.91 Å². The summed E-state index contributed by atoms with van der Waals surface area (Å²) in [6, 6.07) is 0.751. The number of carbonyl (C=O) groups excluding carboxylic acids is 1. The van der Waals surface area contributed by atoms with E-state index in [9.17, 15) is 4.79 Å². The number of quaternary nitrogens is 1. The Morgan fingerprint density at radius 3 is 2.77 bits per heavy atom. The minimum atomic E-state index is 0.125. The predicted octanol–water partition coefficient (Wildman–Crippen LogP) is 1.27. The molecule has 0 aromatic rings. The van der Waals surface area contributed by atoms with E-state index in [1.165, 1.54) is 49.7 Å². The van der Waals surface area contributed by atoms with Crippen molar-refractivity contribution in [3.8, 4) is 0 Å². The second kappa shape index (κ2) is 7.28. The van der Waals surface area contributed by atoms with E-state index in [4.69, 9.17) is 9.47 Å². The Morgan fingerprint density at radius 2 is 1.95 bits per heavy atom. The topological polar surface area (TPSA) is 38.8 Å². The Kier molecular flexibility index (Phi) is 5.37. The maximum atomic E-state index is 12.1. The number of hydrogen-bond acceptors (Lipinski definition) is 3. The Bertz CT molecular complexity index is 380. The van der Waals surface area contributed by atoms with Gasteiger partial charge in [-0.2, -0.15) is 0 Å². The fourth-order valence-corrected chi connectivity index (χ4v) is 4.63. The van der Waals surface area contributed by atoms with Gasteiger partial charge in [0.1, 0.15) is 6.61 Å². The summed E-state index contributed by atoms with van der Waals surface area (Å²) in [6.45, 7) is 6.40. The number of carbonyl (C=O) groups is 1. The van der Waals surface area contributed by atoms with Crippen molar-refractivity contribution in [2.45, 2.75) is 38.1 Å². The number of nitrogens with zero attached hydrogens (tertiary/aromatic N) is 2. The molecule has 5 heteroatoms. The first kappa shape index (κ1) is 16.2. The molecule has 22 heavy (non-hydrogen) atoms. The number of morpholine rings is 1. The van der Waals surface area contributed by atoms with Crippen molar-refractivity contribution in [2.24, 2.45) is 5.92 Å². The van der Waals surface area contributed by atoms with Crippen LogP contribution in [-0.4, -0.2) is 81.0 Å². The molecule has 0 saturated carbocycles. The lowest BCUT2D eigenvalue weighted by atomic mass is 9.82. The lowest BCUT2D eigenvalue weighted by Gasteiger charge is -2.51. The molecule has 1 amide bonds. The van der Waals surface area contributed by atoms with Crippen molar-refractivity contribution in [3.05, 3.63) is 0 Å². The van der Waals surface area contributed by atoms with Crippen LogP contribution >= 0.6 is 0 Å². The fraction of sp³-hybridized carbons (Fsp3) is 0.941. The van der Waals surface area contributed by atoms with Crippen molar-refractivity contribution in [3.63, 3.8) is 0 Å². The van der Waals surface area contributed by atoms with Crippen LogP contribution in [0.3, 0.4) is 0 Å². The maximum Gasteiger partial charge on any atom is 0.248 e. The van der Waals surface area contributed by atoms with Crippen LogP contribution in [0.1, 0.15) is 32.1 Å². The lowest BCUT2D eigenvalue weighted by molar-refractivity contribution is -0.947. The van der Waals surface area contributed by atoms with Gasteiger partial charge in [0, 0.05) is 25.4 Å². The Balaban J connectivity index is 1.45. The molecule has 3 rings (SSSR count). The summed E-state index contributed by atoms with van der Waals surface area (Å²) in [5.74, 6) is 0.761. The Hall–Kier alpha value is -0.650. The molecule has 0 bridgehead atoms. The highest BCUT2D eigenvalue weighted by Crippen LogP contribution is 2.36. The monoisotopic (exact) mass is 311 g/mol. The normalized spacial score (nSPS) is 36.0. The molecular formula is C17H31N2O3+. The summed E-state index contributed by atoms with van der Waals surface area (Å²) in [5.41, 5.74) is 0. The van der Waals surface area contributed by atoms with E-state index >= 15 is 0 Å². The zero-order valence-electron chi connectivity index (χ0n) is 14.0.